The fourth-order valence-electron chi connectivity index (χ4n) is 7.08. The maximum absolute atomic E-state index is 12.7. The number of Topliss-reactive ketones (excluding diaryl/α,β-unsaturated/α-hetero) is 1. The van der Waals surface area contributed by atoms with Crippen molar-refractivity contribution in [3.63, 3.8) is 0 Å². The minimum absolute atomic E-state index is 0.00346. The Kier molecular flexibility index (Phi) is 4.77. The van der Waals surface area contributed by atoms with Crippen LogP contribution in [0.1, 0.15) is 52.9 Å². The van der Waals surface area contributed by atoms with Crippen LogP contribution in [0, 0.1) is 34.5 Å². The molecule has 144 valence electrons. The van der Waals surface area contributed by atoms with Crippen molar-refractivity contribution in [2.24, 2.45) is 34.5 Å². The van der Waals surface area contributed by atoms with E-state index in [1.165, 1.54) is 5.57 Å². The van der Waals surface area contributed by atoms with E-state index in [9.17, 15) is 9.59 Å². The Hall–Kier alpha value is 0.520. The average molecular weight is 551 g/mol. The third-order valence-corrected chi connectivity index (χ3v) is 12.5. The number of halogens is 3. The van der Waals surface area contributed by atoms with Gasteiger partial charge in [-0.1, -0.05) is 68.6 Å². The number of alkyl halides is 3. The summed E-state index contributed by atoms with van der Waals surface area (Å²) in [5, 5.41) is 0.795. The van der Waals surface area contributed by atoms with Gasteiger partial charge in [-0.15, -0.1) is 0 Å². The molecule has 0 aromatic carbocycles. The van der Waals surface area contributed by atoms with E-state index in [1.54, 1.807) is 0 Å². The zero-order chi connectivity index (χ0) is 19.1. The first kappa shape index (κ1) is 19.8. The first-order valence-electron chi connectivity index (χ1n) is 9.78. The summed E-state index contributed by atoms with van der Waals surface area (Å²) < 4.78 is -0.213. The number of allylic oxidation sites excluding steroid dienone is 1. The fourth-order valence-corrected chi connectivity index (χ4v) is 9.57. The van der Waals surface area contributed by atoms with Gasteiger partial charge in [0.1, 0.15) is 5.78 Å². The second kappa shape index (κ2) is 6.26. The van der Waals surface area contributed by atoms with Gasteiger partial charge in [0.2, 0.25) is 0 Å². The highest BCUT2D eigenvalue weighted by molar-refractivity contribution is 9.12. The Morgan fingerprint density at radius 1 is 1.15 bits per heavy atom. The Balaban J connectivity index is 1.87. The summed E-state index contributed by atoms with van der Waals surface area (Å²) >= 11 is 11.5. The first-order chi connectivity index (χ1) is 12.1. The Labute approximate surface area is 181 Å². The predicted molar refractivity (Wildman–Crippen MR) is 115 cm³/mol. The fraction of sp³-hybridized carbons (Fsp3) is 0.810. The standard InChI is InChI=1S/C21H27Br3O2/c1-11-18-12-4-5-17(26)19(12,2)7-6-13(18)20(3)9-14(23)15(25)8-16(20)21(11,24)10-22/h8,11-14,18H,4-7,9-10H2,1-3H3/t11-,12-,13-,14?,18-,19-,20+,21?/m0/s1. The molecule has 0 saturated heterocycles. The highest BCUT2D eigenvalue weighted by Gasteiger charge is 2.66. The maximum atomic E-state index is 12.7. The Morgan fingerprint density at radius 3 is 2.46 bits per heavy atom. The first-order valence-corrected chi connectivity index (χ1v) is 12.6. The van der Waals surface area contributed by atoms with E-state index in [-0.39, 0.29) is 25.8 Å². The number of fused-ring (bicyclic) bond motifs is 5. The quantitative estimate of drug-likeness (QED) is 0.384. The van der Waals surface area contributed by atoms with Crippen molar-refractivity contribution < 1.29 is 9.59 Å². The minimum Gasteiger partial charge on any atom is -0.299 e. The molecule has 0 aromatic rings. The van der Waals surface area contributed by atoms with Crippen molar-refractivity contribution in [3.05, 3.63) is 11.6 Å². The predicted octanol–water partition coefficient (Wildman–Crippen LogP) is 5.85. The molecule has 26 heavy (non-hydrogen) atoms. The van der Waals surface area contributed by atoms with E-state index in [0.717, 1.165) is 37.4 Å². The van der Waals surface area contributed by atoms with Gasteiger partial charge in [0.25, 0.3) is 0 Å². The zero-order valence-corrected chi connectivity index (χ0v) is 20.4. The van der Waals surface area contributed by atoms with Crippen LogP contribution in [0.3, 0.4) is 0 Å². The lowest BCUT2D eigenvalue weighted by molar-refractivity contribution is -0.135. The third kappa shape index (κ3) is 2.38. The van der Waals surface area contributed by atoms with Crippen LogP contribution in [0.4, 0.5) is 0 Å². The molecular formula is C21H27Br3O2. The average Bonchev–Trinajstić information content (AvgIpc) is 2.90. The van der Waals surface area contributed by atoms with Crippen LogP contribution in [0.25, 0.3) is 0 Å². The monoisotopic (exact) mass is 548 g/mol. The molecular weight excluding hydrogens is 524 g/mol. The molecule has 2 nitrogen and oxygen atoms in total. The Morgan fingerprint density at radius 2 is 1.81 bits per heavy atom. The molecule has 3 fully saturated rings. The second-order valence-corrected chi connectivity index (χ2v) is 12.6. The van der Waals surface area contributed by atoms with Crippen LogP contribution in [0.5, 0.6) is 0 Å². The summed E-state index contributed by atoms with van der Waals surface area (Å²) in [4.78, 5) is 25.2. The summed E-state index contributed by atoms with van der Waals surface area (Å²) in [5.41, 5.74) is 1.15. The molecule has 3 saturated carbocycles. The summed E-state index contributed by atoms with van der Waals surface area (Å²) in [6, 6.07) is 0. The van der Waals surface area contributed by atoms with Crippen LogP contribution >= 0.6 is 47.8 Å². The topological polar surface area (TPSA) is 34.1 Å². The van der Waals surface area contributed by atoms with Gasteiger partial charge in [0.15, 0.2) is 5.78 Å². The van der Waals surface area contributed by atoms with Crippen LogP contribution in [-0.2, 0) is 9.59 Å². The molecule has 0 spiro atoms. The molecule has 2 unspecified atom stereocenters. The van der Waals surface area contributed by atoms with Crippen molar-refractivity contribution >= 4 is 59.4 Å². The maximum Gasteiger partial charge on any atom is 0.169 e. The third-order valence-electron chi connectivity index (χ3n) is 8.62. The van der Waals surface area contributed by atoms with E-state index >= 15 is 0 Å². The lowest BCUT2D eigenvalue weighted by atomic mass is 9.43. The highest BCUT2D eigenvalue weighted by atomic mass is 79.9. The molecule has 0 aromatic heterocycles. The van der Waals surface area contributed by atoms with Gasteiger partial charge >= 0.3 is 0 Å². The number of hydrogen-bond acceptors (Lipinski definition) is 2. The van der Waals surface area contributed by atoms with Crippen molar-refractivity contribution in [1.82, 2.24) is 0 Å². The van der Waals surface area contributed by atoms with E-state index in [1.807, 2.05) is 6.08 Å². The molecule has 4 aliphatic carbocycles. The van der Waals surface area contributed by atoms with Gasteiger partial charge in [-0.05, 0) is 66.4 Å². The van der Waals surface area contributed by atoms with Gasteiger partial charge < -0.3 is 0 Å². The molecule has 0 N–H and O–H groups in total. The highest BCUT2D eigenvalue weighted by Crippen LogP contribution is 2.69. The lowest BCUT2D eigenvalue weighted by Crippen LogP contribution is -2.62. The molecule has 5 heteroatoms. The van der Waals surface area contributed by atoms with Crippen LogP contribution in [-0.4, -0.2) is 26.0 Å². The molecule has 4 rings (SSSR count). The summed E-state index contributed by atoms with van der Waals surface area (Å²) in [6.45, 7) is 6.94. The van der Waals surface area contributed by atoms with Gasteiger partial charge in [0, 0.05) is 17.2 Å². The minimum atomic E-state index is -0.213. The second-order valence-electron chi connectivity index (χ2n) is 9.54. The number of carbonyl (C=O) groups is 2. The Bertz CT molecular complexity index is 703. The van der Waals surface area contributed by atoms with Crippen LogP contribution < -0.4 is 0 Å². The molecule has 0 amide bonds. The van der Waals surface area contributed by atoms with E-state index in [0.29, 0.717) is 29.5 Å². The number of rotatable bonds is 1. The molecule has 0 radical (unpaired) electrons. The molecule has 8 atom stereocenters. The van der Waals surface area contributed by atoms with E-state index in [4.69, 9.17) is 0 Å². The zero-order valence-electron chi connectivity index (χ0n) is 15.7. The van der Waals surface area contributed by atoms with Crippen molar-refractivity contribution in [1.29, 1.82) is 0 Å². The lowest BCUT2D eigenvalue weighted by Gasteiger charge is -2.64. The normalized spacial score (nSPS) is 53.6. The number of hydrogen-bond donors (Lipinski definition) is 0. The summed E-state index contributed by atoms with van der Waals surface area (Å²) in [6.07, 6.45) is 6.69. The largest absolute Gasteiger partial charge is 0.299 e. The van der Waals surface area contributed by atoms with Crippen molar-refractivity contribution in [3.8, 4) is 0 Å². The van der Waals surface area contributed by atoms with Gasteiger partial charge in [-0.3, -0.25) is 9.59 Å². The summed E-state index contributed by atoms with van der Waals surface area (Å²) in [7, 11) is 0. The molecule has 4 aliphatic rings. The number of carbonyl (C=O) groups excluding carboxylic acids is 2. The van der Waals surface area contributed by atoms with Gasteiger partial charge in [-0.25, -0.2) is 0 Å². The van der Waals surface area contributed by atoms with E-state index < -0.39 is 0 Å². The smallest absolute Gasteiger partial charge is 0.169 e. The SMILES string of the molecule is C[C@H]1[C@@H]2[C@H](CC[C@]3(C)C(=O)CC[C@@H]23)[C@@]2(C)CC(Br)C(=O)C=C2C1(Br)CBr. The van der Waals surface area contributed by atoms with Crippen LogP contribution in [0.15, 0.2) is 11.6 Å². The number of ketones is 2. The van der Waals surface area contributed by atoms with Crippen molar-refractivity contribution in [2.75, 3.05) is 5.33 Å². The van der Waals surface area contributed by atoms with Gasteiger partial charge in [0.05, 0.1) is 9.15 Å². The molecule has 0 aliphatic heterocycles. The molecule has 0 heterocycles. The van der Waals surface area contributed by atoms with Crippen molar-refractivity contribution in [2.45, 2.75) is 62.0 Å². The van der Waals surface area contributed by atoms with Gasteiger partial charge in [-0.2, -0.15) is 0 Å². The molecule has 0 bridgehead atoms. The summed E-state index contributed by atoms with van der Waals surface area (Å²) in [5.74, 6) is 2.61. The van der Waals surface area contributed by atoms with E-state index in [2.05, 4.69) is 68.6 Å². The van der Waals surface area contributed by atoms with Crippen LogP contribution in [0.2, 0.25) is 0 Å².